The minimum absolute atomic E-state index is 0. The average Bonchev–Trinajstić information content (AvgIpc) is 2.78. The smallest absolute Gasteiger partial charge is 0.191 e. The lowest BCUT2D eigenvalue weighted by Gasteiger charge is -2.31. The largest absolute Gasteiger partial charge is 0.472 e. The molecular weight excluding hydrogens is 333 g/mol. The third-order valence-corrected chi connectivity index (χ3v) is 2.57. The van der Waals surface area contributed by atoms with E-state index < -0.39 is 0 Å². The van der Waals surface area contributed by atoms with E-state index in [9.17, 15) is 0 Å². The molecule has 96 valence electrons. The second-order valence-electron chi connectivity index (χ2n) is 3.93. The van der Waals surface area contributed by atoms with Crippen LogP contribution in [0, 0.1) is 0 Å². The Kier molecular flexibility index (Phi) is 5.76. The monoisotopic (exact) mass is 351 g/mol. The van der Waals surface area contributed by atoms with Crippen LogP contribution in [0.1, 0.15) is 12.5 Å². The molecule has 17 heavy (non-hydrogen) atoms. The Morgan fingerprint density at radius 1 is 1.65 bits per heavy atom. The van der Waals surface area contributed by atoms with Crippen LogP contribution >= 0.6 is 24.0 Å². The van der Waals surface area contributed by atoms with Crippen molar-refractivity contribution >= 4 is 29.9 Å². The summed E-state index contributed by atoms with van der Waals surface area (Å²) in [6, 6.07) is 1.89. The molecule has 0 bridgehead atoms. The maximum atomic E-state index is 5.92. The highest BCUT2D eigenvalue weighted by molar-refractivity contribution is 14.0. The molecule has 0 aliphatic carbocycles. The quantitative estimate of drug-likeness (QED) is 0.498. The van der Waals surface area contributed by atoms with Crippen molar-refractivity contribution in [3.05, 3.63) is 24.2 Å². The predicted molar refractivity (Wildman–Crippen MR) is 76.4 cm³/mol. The molecule has 0 spiro atoms. The molecule has 1 unspecified atom stereocenters. The molecule has 1 atom stereocenters. The Hall–Kier alpha value is -0.760. The lowest BCUT2D eigenvalue weighted by atomic mass is 10.3. The van der Waals surface area contributed by atoms with Crippen molar-refractivity contribution in [2.45, 2.75) is 19.6 Å². The van der Waals surface area contributed by atoms with Gasteiger partial charge in [0.25, 0.3) is 0 Å². The van der Waals surface area contributed by atoms with Crippen LogP contribution in [0.3, 0.4) is 0 Å². The van der Waals surface area contributed by atoms with Crippen molar-refractivity contribution in [2.75, 3.05) is 19.7 Å². The molecule has 1 aliphatic heterocycles. The fourth-order valence-electron chi connectivity index (χ4n) is 1.68. The number of morpholine rings is 1. The van der Waals surface area contributed by atoms with Crippen LogP contribution in [0.4, 0.5) is 0 Å². The van der Waals surface area contributed by atoms with Gasteiger partial charge in [-0.3, -0.25) is 0 Å². The fraction of sp³-hybridized carbons (Fsp3) is 0.545. The van der Waals surface area contributed by atoms with E-state index in [4.69, 9.17) is 14.9 Å². The Morgan fingerprint density at radius 2 is 2.47 bits per heavy atom. The number of nitrogens with two attached hydrogens (primary N) is 1. The first-order valence-corrected chi connectivity index (χ1v) is 5.43. The summed E-state index contributed by atoms with van der Waals surface area (Å²) < 4.78 is 10.4. The predicted octanol–water partition coefficient (Wildman–Crippen LogP) is 1.43. The van der Waals surface area contributed by atoms with Crippen LogP contribution in [-0.4, -0.2) is 36.7 Å². The summed E-state index contributed by atoms with van der Waals surface area (Å²) in [7, 11) is 0. The molecular formula is C11H18IN3O2. The molecule has 1 aromatic rings. The Balaban J connectivity index is 0.00000144. The molecule has 0 saturated carbocycles. The van der Waals surface area contributed by atoms with Crippen LogP contribution in [0.2, 0.25) is 0 Å². The van der Waals surface area contributed by atoms with Gasteiger partial charge in [0.1, 0.15) is 0 Å². The molecule has 1 aliphatic rings. The van der Waals surface area contributed by atoms with E-state index in [-0.39, 0.29) is 30.1 Å². The summed E-state index contributed by atoms with van der Waals surface area (Å²) >= 11 is 0. The minimum Gasteiger partial charge on any atom is -0.472 e. The average molecular weight is 351 g/mol. The third-order valence-electron chi connectivity index (χ3n) is 2.57. The van der Waals surface area contributed by atoms with Crippen LogP contribution in [0.25, 0.3) is 0 Å². The van der Waals surface area contributed by atoms with Crippen LogP contribution in [0.5, 0.6) is 0 Å². The first kappa shape index (κ1) is 14.3. The van der Waals surface area contributed by atoms with Crippen molar-refractivity contribution in [1.82, 2.24) is 4.90 Å². The van der Waals surface area contributed by atoms with Crippen molar-refractivity contribution in [2.24, 2.45) is 10.7 Å². The fourth-order valence-corrected chi connectivity index (χ4v) is 1.68. The van der Waals surface area contributed by atoms with Gasteiger partial charge in [0.05, 0.1) is 31.8 Å². The van der Waals surface area contributed by atoms with E-state index in [1.165, 1.54) is 0 Å². The molecule has 0 radical (unpaired) electrons. The summed E-state index contributed by atoms with van der Waals surface area (Å²) in [5.74, 6) is 0.580. The molecule has 6 heteroatoms. The summed E-state index contributed by atoms with van der Waals surface area (Å²) in [5.41, 5.74) is 6.95. The lowest BCUT2D eigenvalue weighted by molar-refractivity contribution is 0.00528. The van der Waals surface area contributed by atoms with Crippen molar-refractivity contribution in [3.8, 4) is 0 Å². The van der Waals surface area contributed by atoms with E-state index in [1.54, 1.807) is 12.5 Å². The van der Waals surface area contributed by atoms with Crippen LogP contribution in [-0.2, 0) is 11.3 Å². The number of hydrogen-bond acceptors (Lipinski definition) is 3. The van der Waals surface area contributed by atoms with Gasteiger partial charge >= 0.3 is 0 Å². The zero-order valence-corrected chi connectivity index (χ0v) is 12.2. The topological polar surface area (TPSA) is 64.0 Å². The Bertz CT molecular complexity index is 354. The molecule has 1 fully saturated rings. The summed E-state index contributed by atoms with van der Waals surface area (Å²) in [6.07, 6.45) is 3.53. The molecule has 0 aromatic carbocycles. The first-order chi connectivity index (χ1) is 7.75. The maximum Gasteiger partial charge on any atom is 0.191 e. The Morgan fingerprint density at radius 3 is 3.12 bits per heavy atom. The molecule has 2 N–H and O–H groups in total. The number of hydrogen-bond donors (Lipinski definition) is 1. The molecule has 2 heterocycles. The van der Waals surface area contributed by atoms with Crippen LogP contribution in [0.15, 0.2) is 28.0 Å². The van der Waals surface area contributed by atoms with Gasteiger partial charge in [-0.1, -0.05) is 0 Å². The van der Waals surface area contributed by atoms with Gasteiger partial charge in [0, 0.05) is 18.7 Å². The molecule has 2 rings (SSSR count). The minimum atomic E-state index is 0. The van der Waals surface area contributed by atoms with Gasteiger partial charge in [-0.05, 0) is 13.0 Å². The van der Waals surface area contributed by atoms with Gasteiger partial charge < -0.3 is 19.8 Å². The standard InChI is InChI=1S/C11H17N3O2.HI/c1-9-7-14(3-5-16-9)11(12)13-6-10-2-4-15-8-10;/h2,4,8-9H,3,5-7H2,1H3,(H2,12,13);1H. The summed E-state index contributed by atoms with van der Waals surface area (Å²) in [5, 5.41) is 0. The normalized spacial score (nSPS) is 21.1. The summed E-state index contributed by atoms with van der Waals surface area (Å²) in [6.45, 7) is 4.93. The zero-order valence-electron chi connectivity index (χ0n) is 9.83. The highest BCUT2D eigenvalue weighted by atomic mass is 127. The highest BCUT2D eigenvalue weighted by Gasteiger charge is 2.17. The van der Waals surface area contributed by atoms with E-state index in [0.29, 0.717) is 19.1 Å². The van der Waals surface area contributed by atoms with Crippen molar-refractivity contribution in [3.63, 3.8) is 0 Å². The molecule has 5 nitrogen and oxygen atoms in total. The van der Waals surface area contributed by atoms with E-state index in [2.05, 4.69) is 4.99 Å². The number of halogens is 1. The zero-order chi connectivity index (χ0) is 11.4. The first-order valence-electron chi connectivity index (χ1n) is 5.43. The third kappa shape index (κ3) is 4.19. The second-order valence-corrected chi connectivity index (χ2v) is 3.93. The van der Waals surface area contributed by atoms with Gasteiger partial charge in [0.2, 0.25) is 0 Å². The number of guanidine groups is 1. The number of nitrogens with zero attached hydrogens (tertiary/aromatic N) is 2. The van der Waals surface area contributed by atoms with Gasteiger partial charge in [-0.25, -0.2) is 4.99 Å². The number of aliphatic imine (C=N–C) groups is 1. The van der Waals surface area contributed by atoms with Crippen molar-refractivity contribution in [1.29, 1.82) is 0 Å². The van der Waals surface area contributed by atoms with E-state index in [0.717, 1.165) is 18.7 Å². The number of rotatable bonds is 2. The Labute approximate surface area is 118 Å². The lowest BCUT2D eigenvalue weighted by Crippen LogP contribution is -2.47. The van der Waals surface area contributed by atoms with Gasteiger partial charge in [0.15, 0.2) is 5.96 Å². The molecule has 0 amide bonds. The van der Waals surface area contributed by atoms with Crippen molar-refractivity contribution < 1.29 is 9.15 Å². The number of furan rings is 1. The van der Waals surface area contributed by atoms with Crippen LogP contribution < -0.4 is 5.73 Å². The number of ether oxygens (including phenoxy) is 1. The molecule has 1 aromatic heterocycles. The molecule has 1 saturated heterocycles. The summed E-state index contributed by atoms with van der Waals surface area (Å²) in [4.78, 5) is 6.38. The second kappa shape index (κ2) is 6.85. The van der Waals surface area contributed by atoms with Gasteiger partial charge in [-0.15, -0.1) is 24.0 Å². The SMILES string of the molecule is CC1CN(C(N)=NCc2ccoc2)CCO1.I. The highest BCUT2D eigenvalue weighted by Crippen LogP contribution is 2.05. The van der Waals surface area contributed by atoms with Gasteiger partial charge in [-0.2, -0.15) is 0 Å². The van der Waals surface area contributed by atoms with E-state index >= 15 is 0 Å². The van der Waals surface area contributed by atoms with E-state index in [1.807, 2.05) is 17.9 Å². The maximum absolute atomic E-state index is 5.92.